The third kappa shape index (κ3) is 4.81. The summed E-state index contributed by atoms with van der Waals surface area (Å²) in [6.45, 7) is 0.323. The first-order chi connectivity index (χ1) is 13.2. The highest BCUT2D eigenvalue weighted by Crippen LogP contribution is 2.25. The Morgan fingerprint density at radius 1 is 1.15 bits per heavy atom. The lowest BCUT2D eigenvalue weighted by Crippen LogP contribution is -2.23. The molecule has 8 heteroatoms. The monoisotopic (exact) mass is 367 g/mol. The smallest absolute Gasteiger partial charge is 0.220 e. The van der Waals surface area contributed by atoms with Gasteiger partial charge in [0.2, 0.25) is 5.91 Å². The molecule has 8 nitrogen and oxygen atoms in total. The van der Waals surface area contributed by atoms with E-state index in [1.165, 1.54) is 0 Å². The van der Waals surface area contributed by atoms with E-state index in [4.69, 9.17) is 9.47 Å². The van der Waals surface area contributed by atoms with Crippen molar-refractivity contribution in [3.05, 3.63) is 60.2 Å². The van der Waals surface area contributed by atoms with Crippen LogP contribution in [0.3, 0.4) is 0 Å². The molecule has 3 aromatic rings. The molecule has 0 aliphatic carbocycles. The molecule has 1 amide bonds. The van der Waals surface area contributed by atoms with Crippen LogP contribution in [0.5, 0.6) is 11.5 Å². The number of carbonyl (C=O) groups excluding carboxylic acids is 1. The molecule has 0 aliphatic rings. The maximum Gasteiger partial charge on any atom is 0.220 e. The van der Waals surface area contributed by atoms with E-state index >= 15 is 0 Å². The SMILES string of the molecule is COc1ccc(CCC(=O)NCc2cn(-c3ccncc3)nn2)c(OC)c1. The third-order valence-electron chi connectivity index (χ3n) is 4.05. The molecule has 0 spiro atoms. The van der Waals surface area contributed by atoms with Gasteiger partial charge in [0.1, 0.15) is 17.2 Å². The molecule has 0 unspecified atom stereocenters. The van der Waals surface area contributed by atoms with Crippen molar-refractivity contribution in [3.8, 4) is 17.2 Å². The minimum Gasteiger partial charge on any atom is -0.497 e. The Labute approximate surface area is 157 Å². The second-order valence-corrected chi connectivity index (χ2v) is 5.81. The van der Waals surface area contributed by atoms with Gasteiger partial charge >= 0.3 is 0 Å². The van der Waals surface area contributed by atoms with Crippen LogP contribution in [0.4, 0.5) is 0 Å². The fourth-order valence-electron chi connectivity index (χ4n) is 2.59. The fourth-order valence-corrected chi connectivity index (χ4v) is 2.59. The van der Waals surface area contributed by atoms with Gasteiger partial charge in [-0.1, -0.05) is 11.3 Å². The quantitative estimate of drug-likeness (QED) is 0.654. The molecule has 1 aromatic carbocycles. The van der Waals surface area contributed by atoms with Gasteiger partial charge in [0.15, 0.2) is 0 Å². The van der Waals surface area contributed by atoms with Crippen molar-refractivity contribution in [1.82, 2.24) is 25.3 Å². The first kappa shape index (κ1) is 18.4. The molecule has 140 valence electrons. The van der Waals surface area contributed by atoms with E-state index in [0.29, 0.717) is 30.8 Å². The molecular weight excluding hydrogens is 346 g/mol. The minimum absolute atomic E-state index is 0.0636. The summed E-state index contributed by atoms with van der Waals surface area (Å²) in [6.07, 6.45) is 6.07. The van der Waals surface area contributed by atoms with Crippen LogP contribution in [0.15, 0.2) is 48.9 Å². The second kappa shape index (κ2) is 8.79. The number of nitrogens with zero attached hydrogens (tertiary/aromatic N) is 4. The average Bonchev–Trinajstić information content (AvgIpc) is 3.20. The van der Waals surface area contributed by atoms with Gasteiger partial charge in [-0.2, -0.15) is 0 Å². The van der Waals surface area contributed by atoms with E-state index in [1.54, 1.807) is 37.5 Å². The molecule has 3 rings (SSSR count). The van der Waals surface area contributed by atoms with Crippen LogP contribution < -0.4 is 14.8 Å². The topological polar surface area (TPSA) is 91.2 Å². The van der Waals surface area contributed by atoms with Gasteiger partial charge in [-0.05, 0) is 30.2 Å². The third-order valence-corrected chi connectivity index (χ3v) is 4.05. The zero-order chi connectivity index (χ0) is 19.1. The highest BCUT2D eigenvalue weighted by Gasteiger charge is 2.09. The number of aryl methyl sites for hydroxylation is 1. The molecule has 0 bridgehead atoms. The zero-order valence-electron chi connectivity index (χ0n) is 15.3. The molecule has 1 N–H and O–H groups in total. The summed E-state index contributed by atoms with van der Waals surface area (Å²) in [7, 11) is 3.21. The summed E-state index contributed by atoms with van der Waals surface area (Å²) < 4.78 is 12.2. The van der Waals surface area contributed by atoms with Gasteiger partial charge in [-0.3, -0.25) is 9.78 Å². The van der Waals surface area contributed by atoms with Crippen LogP contribution in [0.25, 0.3) is 5.69 Å². The van der Waals surface area contributed by atoms with Crippen molar-refractivity contribution in [2.45, 2.75) is 19.4 Å². The van der Waals surface area contributed by atoms with Gasteiger partial charge in [-0.25, -0.2) is 4.68 Å². The van der Waals surface area contributed by atoms with E-state index in [-0.39, 0.29) is 5.91 Å². The number of ether oxygens (including phenoxy) is 2. The van der Waals surface area contributed by atoms with Crippen molar-refractivity contribution in [2.75, 3.05) is 14.2 Å². The van der Waals surface area contributed by atoms with Gasteiger partial charge in [0.25, 0.3) is 0 Å². The Balaban J connectivity index is 1.51. The zero-order valence-corrected chi connectivity index (χ0v) is 15.3. The normalized spacial score (nSPS) is 10.4. The summed E-state index contributed by atoms with van der Waals surface area (Å²) in [6, 6.07) is 9.24. The lowest BCUT2D eigenvalue weighted by atomic mass is 10.1. The van der Waals surface area contributed by atoms with Crippen molar-refractivity contribution in [1.29, 1.82) is 0 Å². The van der Waals surface area contributed by atoms with Gasteiger partial charge in [-0.15, -0.1) is 5.10 Å². The predicted octanol–water partition coefficient (Wildman–Crippen LogP) is 1.93. The number of carbonyl (C=O) groups is 1. The van der Waals surface area contributed by atoms with E-state index in [1.807, 2.05) is 30.3 Å². The van der Waals surface area contributed by atoms with Crippen LogP contribution in [0, 0.1) is 0 Å². The molecule has 0 saturated carbocycles. The van der Waals surface area contributed by atoms with Crippen LogP contribution in [-0.4, -0.2) is 40.1 Å². The number of pyridine rings is 1. The molecule has 0 aliphatic heterocycles. The summed E-state index contributed by atoms with van der Waals surface area (Å²) >= 11 is 0. The van der Waals surface area contributed by atoms with Crippen LogP contribution >= 0.6 is 0 Å². The molecular formula is C19H21N5O3. The molecule has 0 saturated heterocycles. The predicted molar refractivity (Wildman–Crippen MR) is 98.9 cm³/mol. The van der Waals surface area contributed by atoms with Crippen molar-refractivity contribution in [3.63, 3.8) is 0 Å². The summed E-state index contributed by atoms with van der Waals surface area (Å²) in [4.78, 5) is 16.1. The van der Waals surface area contributed by atoms with Gasteiger partial charge in [0.05, 0.1) is 32.6 Å². The summed E-state index contributed by atoms with van der Waals surface area (Å²) in [5, 5.41) is 11.0. The second-order valence-electron chi connectivity index (χ2n) is 5.81. The van der Waals surface area contributed by atoms with E-state index in [0.717, 1.165) is 17.0 Å². The number of rotatable bonds is 8. The lowest BCUT2D eigenvalue weighted by molar-refractivity contribution is -0.121. The van der Waals surface area contributed by atoms with Gasteiger partial charge in [0, 0.05) is 24.9 Å². The number of hydrogen-bond donors (Lipinski definition) is 1. The van der Waals surface area contributed by atoms with Crippen molar-refractivity contribution >= 4 is 5.91 Å². The Bertz CT molecular complexity index is 895. The lowest BCUT2D eigenvalue weighted by Gasteiger charge is -2.10. The van der Waals surface area contributed by atoms with E-state index < -0.39 is 0 Å². The first-order valence-corrected chi connectivity index (χ1v) is 8.49. The maximum absolute atomic E-state index is 12.1. The number of hydrogen-bond acceptors (Lipinski definition) is 6. The highest BCUT2D eigenvalue weighted by atomic mass is 16.5. The van der Waals surface area contributed by atoms with E-state index in [2.05, 4.69) is 20.6 Å². The highest BCUT2D eigenvalue weighted by molar-refractivity contribution is 5.76. The molecule has 0 radical (unpaired) electrons. The van der Waals surface area contributed by atoms with Crippen LogP contribution in [-0.2, 0) is 17.8 Å². The minimum atomic E-state index is -0.0636. The molecule has 0 fully saturated rings. The number of methoxy groups -OCH3 is 2. The Hall–Kier alpha value is -3.42. The number of aromatic nitrogens is 4. The average molecular weight is 367 g/mol. The number of benzene rings is 1. The first-order valence-electron chi connectivity index (χ1n) is 8.49. The van der Waals surface area contributed by atoms with Crippen molar-refractivity contribution < 1.29 is 14.3 Å². The Morgan fingerprint density at radius 3 is 2.70 bits per heavy atom. The molecule has 2 aromatic heterocycles. The largest absolute Gasteiger partial charge is 0.497 e. The summed E-state index contributed by atoms with van der Waals surface area (Å²) in [5.41, 5.74) is 2.50. The summed E-state index contributed by atoms with van der Waals surface area (Å²) in [5.74, 6) is 1.37. The van der Waals surface area contributed by atoms with Crippen LogP contribution in [0.2, 0.25) is 0 Å². The number of amides is 1. The standard InChI is InChI=1S/C19H21N5O3/c1-26-17-5-3-14(18(11-17)27-2)4-6-19(25)21-12-15-13-24(23-22-15)16-7-9-20-10-8-16/h3,5,7-11,13H,4,6,12H2,1-2H3,(H,21,25). The number of nitrogens with one attached hydrogen (secondary N) is 1. The van der Waals surface area contributed by atoms with Crippen molar-refractivity contribution in [2.24, 2.45) is 0 Å². The van der Waals surface area contributed by atoms with Gasteiger partial charge < -0.3 is 14.8 Å². The van der Waals surface area contributed by atoms with Crippen LogP contribution in [0.1, 0.15) is 17.7 Å². The molecule has 2 heterocycles. The fraction of sp³-hybridized carbons (Fsp3) is 0.263. The molecule has 27 heavy (non-hydrogen) atoms. The van der Waals surface area contributed by atoms with E-state index in [9.17, 15) is 4.79 Å². The maximum atomic E-state index is 12.1. The molecule has 0 atom stereocenters. The Morgan fingerprint density at radius 2 is 1.96 bits per heavy atom. The Kier molecular flexibility index (Phi) is 5.98.